The molecule has 0 N–H and O–H groups in total. The maximum atomic E-state index is 12.7. The van der Waals surface area contributed by atoms with Gasteiger partial charge in [0.05, 0.1) is 13.7 Å². The maximum Gasteiger partial charge on any atom is 0.254 e. The Morgan fingerprint density at radius 3 is 2.65 bits per heavy atom. The summed E-state index contributed by atoms with van der Waals surface area (Å²) in [5, 5.41) is 0. The third-order valence-electron chi connectivity index (χ3n) is 3.99. The molecule has 1 aliphatic heterocycles. The maximum absolute atomic E-state index is 12.7. The van der Waals surface area contributed by atoms with E-state index in [1.54, 1.807) is 13.2 Å². The summed E-state index contributed by atoms with van der Waals surface area (Å²) in [5.41, 5.74) is 0.656. The van der Waals surface area contributed by atoms with Crippen molar-refractivity contribution in [2.75, 3.05) is 46.9 Å². The zero-order chi connectivity index (χ0) is 16.8. The first-order valence-corrected chi connectivity index (χ1v) is 8.30. The fourth-order valence-corrected chi connectivity index (χ4v) is 2.61. The lowest BCUT2D eigenvalue weighted by atomic mass is 10.1. The number of carbonyl (C=O) groups excluding carboxylic acids is 1. The molecule has 5 heteroatoms. The molecule has 0 atom stereocenters. The van der Waals surface area contributed by atoms with E-state index >= 15 is 0 Å². The van der Waals surface area contributed by atoms with Crippen molar-refractivity contribution in [2.24, 2.45) is 5.92 Å². The lowest BCUT2D eigenvalue weighted by molar-refractivity contribution is 0.0762. The summed E-state index contributed by atoms with van der Waals surface area (Å²) in [7, 11) is 3.70. The Labute approximate surface area is 139 Å². The summed E-state index contributed by atoms with van der Waals surface area (Å²) in [5.74, 6) is 1.81. The molecule has 1 aromatic carbocycles. The fourth-order valence-electron chi connectivity index (χ4n) is 2.61. The van der Waals surface area contributed by atoms with Crippen LogP contribution in [0.5, 0.6) is 11.5 Å². The Balaban J connectivity index is 2.11. The van der Waals surface area contributed by atoms with Crippen LogP contribution in [0.4, 0.5) is 0 Å². The lowest BCUT2D eigenvalue weighted by Crippen LogP contribution is -2.34. The third kappa shape index (κ3) is 4.86. The molecule has 0 aliphatic carbocycles. The molecule has 0 aromatic heterocycles. The van der Waals surface area contributed by atoms with E-state index in [9.17, 15) is 4.79 Å². The second kappa shape index (κ2) is 8.20. The zero-order valence-corrected chi connectivity index (χ0v) is 14.7. The average Bonchev–Trinajstić information content (AvgIpc) is 2.76. The first kappa shape index (κ1) is 17.6. The summed E-state index contributed by atoms with van der Waals surface area (Å²) >= 11 is 0. The van der Waals surface area contributed by atoms with Crippen LogP contribution in [-0.4, -0.2) is 62.7 Å². The van der Waals surface area contributed by atoms with Crippen LogP contribution < -0.4 is 9.47 Å². The monoisotopic (exact) mass is 320 g/mol. The molecule has 0 radical (unpaired) electrons. The Kier molecular flexibility index (Phi) is 6.28. The number of benzene rings is 1. The highest BCUT2D eigenvalue weighted by molar-refractivity contribution is 5.95. The molecule has 1 saturated heterocycles. The second-order valence-electron chi connectivity index (χ2n) is 6.52. The van der Waals surface area contributed by atoms with Crippen molar-refractivity contribution >= 4 is 5.91 Å². The second-order valence-corrected chi connectivity index (χ2v) is 6.52. The average molecular weight is 320 g/mol. The summed E-state index contributed by atoms with van der Waals surface area (Å²) in [6.07, 6.45) is 1.01. The van der Waals surface area contributed by atoms with E-state index in [0.29, 0.717) is 29.6 Å². The number of nitrogens with zero attached hydrogens (tertiary/aromatic N) is 2. The quantitative estimate of drug-likeness (QED) is 0.836. The number of methoxy groups -OCH3 is 1. The van der Waals surface area contributed by atoms with E-state index in [-0.39, 0.29) is 5.91 Å². The molecule has 0 unspecified atom stereocenters. The predicted molar refractivity (Wildman–Crippen MR) is 91.3 cm³/mol. The van der Waals surface area contributed by atoms with Gasteiger partial charge in [0.1, 0.15) is 0 Å². The molecule has 1 fully saturated rings. The van der Waals surface area contributed by atoms with E-state index < -0.39 is 0 Å². The first-order valence-electron chi connectivity index (χ1n) is 8.30. The number of rotatable bonds is 5. The number of hydrogen-bond donors (Lipinski definition) is 0. The highest BCUT2D eigenvalue weighted by Gasteiger charge is 2.20. The van der Waals surface area contributed by atoms with Gasteiger partial charge in [-0.05, 0) is 44.1 Å². The van der Waals surface area contributed by atoms with Crippen LogP contribution in [0.2, 0.25) is 0 Å². The minimum absolute atomic E-state index is 0.0639. The molecule has 1 amide bonds. The number of ether oxygens (including phenoxy) is 2. The largest absolute Gasteiger partial charge is 0.493 e. The van der Waals surface area contributed by atoms with Gasteiger partial charge in [-0.3, -0.25) is 4.79 Å². The zero-order valence-electron chi connectivity index (χ0n) is 14.7. The van der Waals surface area contributed by atoms with E-state index in [2.05, 4.69) is 25.8 Å². The van der Waals surface area contributed by atoms with Gasteiger partial charge in [0, 0.05) is 25.2 Å². The van der Waals surface area contributed by atoms with Gasteiger partial charge in [-0.2, -0.15) is 0 Å². The van der Waals surface area contributed by atoms with Crippen LogP contribution in [0.3, 0.4) is 0 Å². The lowest BCUT2D eigenvalue weighted by Gasteiger charge is -2.21. The topological polar surface area (TPSA) is 42.0 Å². The van der Waals surface area contributed by atoms with Gasteiger partial charge in [0.15, 0.2) is 11.5 Å². The summed E-state index contributed by atoms with van der Waals surface area (Å²) in [6.45, 7) is 8.34. The Bertz CT molecular complexity index is 531. The van der Waals surface area contributed by atoms with Crippen molar-refractivity contribution in [3.8, 4) is 11.5 Å². The Hall–Kier alpha value is -1.75. The molecular weight excluding hydrogens is 292 g/mol. The van der Waals surface area contributed by atoms with Gasteiger partial charge in [-0.1, -0.05) is 13.8 Å². The molecule has 1 aliphatic rings. The molecule has 1 aromatic rings. The van der Waals surface area contributed by atoms with Crippen molar-refractivity contribution in [3.05, 3.63) is 23.8 Å². The molecule has 5 nitrogen and oxygen atoms in total. The van der Waals surface area contributed by atoms with Crippen LogP contribution in [0.15, 0.2) is 18.2 Å². The number of hydrogen-bond acceptors (Lipinski definition) is 4. The van der Waals surface area contributed by atoms with Gasteiger partial charge in [0.2, 0.25) is 0 Å². The van der Waals surface area contributed by atoms with Crippen LogP contribution in [0.25, 0.3) is 0 Å². The molecule has 0 saturated carbocycles. The van der Waals surface area contributed by atoms with Gasteiger partial charge in [0.25, 0.3) is 5.91 Å². The van der Waals surface area contributed by atoms with Crippen LogP contribution in [-0.2, 0) is 0 Å². The number of carbonyl (C=O) groups is 1. The molecular formula is C18H28N2O3. The van der Waals surface area contributed by atoms with Crippen LogP contribution in [0.1, 0.15) is 30.6 Å². The van der Waals surface area contributed by atoms with Crippen molar-refractivity contribution < 1.29 is 14.3 Å². The van der Waals surface area contributed by atoms with Crippen molar-refractivity contribution in [1.29, 1.82) is 0 Å². The minimum atomic E-state index is 0.0639. The molecule has 0 spiro atoms. The first-order chi connectivity index (χ1) is 11.0. The van der Waals surface area contributed by atoms with Gasteiger partial charge in [-0.15, -0.1) is 0 Å². The third-order valence-corrected chi connectivity index (χ3v) is 3.99. The van der Waals surface area contributed by atoms with Crippen LogP contribution >= 0.6 is 0 Å². The van der Waals surface area contributed by atoms with Gasteiger partial charge in [-0.25, -0.2) is 0 Å². The Morgan fingerprint density at radius 2 is 1.96 bits per heavy atom. The van der Waals surface area contributed by atoms with Crippen molar-refractivity contribution in [2.45, 2.75) is 20.3 Å². The minimum Gasteiger partial charge on any atom is -0.493 e. The fraction of sp³-hybridized carbons (Fsp3) is 0.611. The highest BCUT2D eigenvalue weighted by Crippen LogP contribution is 2.29. The van der Waals surface area contributed by atoms with E-state index in [1.165, 1.54) is 0 Å². The van der Waals surface area contributed by atoms with Crippen molar-refractivity contribution in [1.82, 2.24) is 9.80 Å². The summed E-state index contributed by atoms with van der Waals surface area (Å²) in [4.78, 5) is 16.9. The SMILES string of the molecule is COc1cc(C(=O)N2CCCN(C)CC2)ccc1OCC(C)C. The van der Waals surface area contributed by atoms with Gasteiger partial charge < -0.3 is 19.3 Å². The molecule has 23 heavy (non-hydrogen) atoms. The molecule has 0 bridgehead atoms. The molecule has 2 rings (SSSR count). The Morgan fingerprint density at radius 1 is 1.17 bits per heavy atom. The smallest absolute Gasteiger partial charge is 0.254 e. The standard InChI is InChI=1S/C18H28N2O3/c1-14(2)13-23-16-7-6-15(12-17(16)22-4)18(21)20-9-5-8-19(3)10-11-20/h6-7,12,14H,5,8-11,13H2,1-4H3. The number of likely N-dealkylation sites (N-methyl/N-ethyl adjacent to an activating group) is 1. The molecule has 1 heterocycles. The van der Waals surface area contributed by atoms with Crippen LogP contribution in [0, 0.1) is 5.92 Å². The van der Waals surface area contributed by atoms with E-state index in [0.717, 1.165) is 32.6 Å². The predicted octanol–water partition coefficient (Wildman–Crippen LogP) is 2.51. The summed E-state index contributed by atoms with van der Waals surface area (Å²) < 4.78 is 11.1. The van der Waals surface area contributed by atoms with Gasteiger partial charge >= 0.3 is 0 Å². The van der Waals surface area contributed by atoms with Crippen molar-refractivity contribution in [3.63, 3.8) is 0 Å². The van der Waals surface area contributed by atoms with E-state index in [1.807, 2.05) is 17.0 Å². The van der Waals surface area contributed by atoms with E-state index in [4.69, 9.17) is 9.47 Å². The number of amides is 1. The summed E-state index contributed by atoms with van der Waals surface area (Å²) in [6, 6.07) is 5.44. The molecule has 128 valence electrons. The normalized spacial score (nSPS) is 16.3. The highest BCUT2D eigenvalue weighted by atomic mass is 16.5.